The zero-order valence-electron chi connectivity index (χ0n) is 11.5. The van der Waals surface area contributed by atoms with Crippen LogP contribution >= 0.6 is 0 Å². The zero-order chi connectivity index (χ0) is 13.7. The van der Waals surface area contributed by atoms with Crippen LogP contribution < -0.4 is 4.74 Å². The molecule has 1 N–H and O–H groups in total. The molecule has 0 spiro atoms. The first-order valence-electron chi connectivity index (χ1n) is 6.67. The molecule has 0 fully saturated rings. The van der Waals surface area contributed by atoms with Crippen LogP contribution in [-0.4, -0.2) is 11.2 Å². The van der Waals surface area contributed by atoms with E-state index in [-0.39, 0.29) is 11.9 Å². The highest BCUT2D eigenvalue weighted by molar-refractivity contribution is 5.38. The van der Waals surface area contributed by atoms with Crippen molar-refractivity contribution in [2.75, 3.05) is 0 Å². The van der Waals surface area contributed by atoms with Crippen LogP contribution in [0.3, 0.4) is 0 Å². The molecule has 2 heteroatoms. The van der Waals surface area contributed by atoms with Gasteiger partial charge in [0, 0.05) is 6.07 Å². The number of benzene rings is 2. The van der Waals surface area contributed by atoms with E-state index in [1.54, 1.807) is 12.1 Å². The molecule has 0 aliphatic heterocycles. The average molecular weight is 256 g/mol. The molecule has 0 aliphatic rings. The molecule has 2 nitrogen and oxygen atoms in total. The molecule has 19 heavy (non-hydrogen) atoms. The SMILES string of the molecule is CC(C)Oc1cc(O)cc(CCc2ccccc2)c1. The highest BCUT2D eigenvalue weighted by atomic mass is 16.5. The van der Waals surface area contributed by atoms with Crippen molar-refractivity contribution in [2.24, 2.45) is 0 Å². The summed E-state index contributed by atoms with van der Waals surface area (Å²) in [4.78, 5) is 0. The second-order valence-electron chi connectivity index (χ2n) is 4.99. The molecule has 0 saturated heterocycles. The Kier molecular flexibility index (Phi) is 4.45. The quantitative estimate of drug-likeness (QED) is 0.877. The average Bonchev–Trinajstić information content (AvgIpc) is 2.36. The first-order chi connectivity index (χ1) is 9.13. The third-order valence-corrected chi connectivity index (χ3v) is 2.87. The minimum Gasteiger partial charge on any atom is -0.508 e. The van der Waals surface area contributed by atoms with Crippen molar-refractivity contribution in [1.82, 2.24) is 0 Å². The highest BCUT2D eigenvalue weighted by Crippen LogP contribution is 2.23. The molecule has 2 rings (SSSR count). The van der Waals surface area contributed by atoms with Crippen molar-refractivity contribution in [2.45, 2.75) is 32.8 Å². The van der Waals surface area contributed by atoms with Crippen LogP contribution in [0.25, 0.3) is 0 Å². The van der Waals surface area contributed by atoms with Crippen LogP contribution in [-0.2, 0) is 12.8 Å². The molecule has 0 heterocycles. The van der Waals surface area contributed by atoms with Crippen LogP contribution in [0.4, 0.5) is 0 Å². The summed E-state index contributed by atoms with van der Waals surface area (Å²) in [5, 5.41) is 9.72. The number of hydrogen-bond donors (Lipinski definition) is 1. The van der Waals surface area contributed by atoms with Gasteiger partial charge in [0.15, 0.2) is 0 Å². The summed E-state index contributed by atoms with van der Waals surface area (Å²) in [5.41, 5.74) is 2.40. The van der Waals surface area contributed by atoms with Gasteiger partial charge in [-0.15, -0.1) is 0 Å². The maximum atomic E-state index is 9.72. The fraction of sp³-hybridized carbons (Fsp3) is 0.294. The summed E-state index contributed by atoms with van der Waals surface area (Å²) >= 11 is 0. The molecule has 0 atom stereocenters. The number of phenols is 1. The molecule has 2 aromatic carbocycles. The molecule has 0 amide bonds. The molecule has 0 saturated carbocycles. The van der Waals surface area contributed by atoms with Gasteiger partial charge in [0.25, 0.3) is 0 Å². The van der Waals surface area contributed by atoms with Gasteiger partial charge in [0.1, 0.15) is 11.5 Å². The van der Waals surface area contributed by atoms with Gasteiger partial charge in [-0.05, 0) is 49.9 Å². The third-order valence-electron chi connectivity index (χ3n) is 2.87. The lowest BCUT2D eigenvalue weighted by molar-refractivity contribution is 0.241. The molecular weight excluding hydrogens is 236 g/mol. The largest absolute Gasteiger partial charge is 0.508 e. The second kappa shape index (κ2) is 6.28. The van der Waals surface area contributed by atoms with E-state index < -0.39 is 0 Å². The van der Waals surface area contributed by atoms with Crippen LogP contribution in [0.5, 0.6) is 11.5 Å². The first kappa shape index (κ1) is 13.5. The van der Waals surface area contributed by atoms with E-state index in [4.69, 9.17) is 4.74 Å². The molecule has 0 radical (unpaired) electrons. The molecule has 0 aromatic heterocycles. The number of phenolic OH excluding ortho intramolecular Hbond substituents is 1. The minimum atomic E-state index is 0.115. The number of hydrogen-bond acceptors (Lipinski definition) is 2. The lowest BCUT2D eigenvalue weighted by Crippen LogP contribution is -2.05. The topological polar surface area (TPSA) is 29.5 Å². The number of aromatic hydroxyl groups is 1. The van der Waals surface area contributed by atoms with Crippen molar-refractivity contribution in [3.63, 3.8) is 0 Å². The third kappa shape index (κ3) is 4.32. The van der Waals surface area contributed by atoms with Gasteiger partial charge in [-0.25, -0.2) is 0 Å². The van der Waals surface area contributed by atoms with Gasteiger partial charge in [-0.1, -0.05) is 30.3 Å². The van der Waals surface area contributed by atoms with Gasteiger partial charge < -0.3 is 9.84 Å². The Bertz CT molecular complexity index is 518. The zero-order valence-corrected chi connectivity index (χ0v) is 11.5. The molecule has 0 bridgehead atoms. The number of rotatable bonds is 5. The normalized spacial score (nSPS) is 10.7. The Morgan fingerprint density at radius 2 is 1.63 bits per heavy atom. The lowest BCUT2D eigenvalue weighted by atomic mass is 10.0. The number of aryl methyl sites for hydroxylation is 2. The van der Waals surface area contributed by atoms with Gasteiger partial charge in [-0.3, -0.25) is 0 Å². The predicted molar refractivity (Wildman–Crippen MR) is 77.7 cm³/mol. The second-order valence-corrected chi connectivity index (χ2v) is 4.99. The summed E-state index contributed by atoms with van der Waals surface area (Å²) in [6.45, 7) is 3.96. The van der Waals surface area contributed by atoms with Crippen LogP contribution in [0.15, 0.2) is 48.5 Å². The Balaban J connectivity index is 2.05. The molecular formula is C17H20O2. The van der Waals surface area contributed by atoms with E-state index in [0.717, 1.165) is 24.2 Å². The van der Waals surface area contributed by atoms with Crippen LogP contribution in [0.2, 0.25) is 0 Å². The van der Waals surface area contributed by atoms with E-state index in [1.807, 2.05) is 38.1 Å². The minimum absolute atomic E-state index is 0.115. The smallest absolute Gasteiger partial charge is 0.123 e. The van der Waals surface area contributed by atoms with E-state index in [2.05, 4.69) is 12.1 Å². The van der Waals surface area contributed by atoms with Gasteiger partial charge in [0.2, 0.25) is 0 Å². The van der Waals surface area contributed by atoms with E-state index in [9.17, 15) is 5.11 Å². The predicted octanol–water partition coefficient (Wildman–Crippen LogP) is 3.96. The fourth-order valence-electron chi connectivity index (χ4n) is 2.06. The molecule has 0 aliphatic carbocycles. The maximum absolute atomic E-state index is 9.72. The van der Waals surface area contributed by atoms with Crippen molar-refractivity contribution in [3.8, 4) is 11.5 Å². The Morgan fingerprint density at radius 3 is 2.32 bits per heavy atom. The summed E-state index contributed by atoms with van der Waals surface area (Å²) < 4.78 is 5.63. The molecule has 100 valence electrons. The maximum Gasteiger partial charge on any atom is 0.123 e. The summed E-state index contributed by atoms with van der Waals surface area (Å²) in [6, 6.07) is 15.8. The molecule has 2 aromatic rings. The summed E-state index contributed by atoms with van der Waals surface area (Å²) in [7, 11) is 0. The van der Waals surface area contributed by atoms with Gasteiger partial charge >= 0.3 is 0 Å². The Hall–Kier alpha value is -1.96. The highest BCUT2D eigenvalue weighted by Gasteiger charge is 2.04. The monoisotopic (exact) mass is 256 g/mol. The van der Waals surface area contributed by atoms with Crippen molar-refractivity contribution in [1.29, 1.82) is 0 Å². The summed E-state index contributed by atoms with van der Waals surface area (Å²) in [6.07, 6.45) is 1.97. The van der Waals surface area contributed by atoms with Crippen molar-refractivity contribution < 1.29 is 9.84 Å². The van der Waals surface area contributed by atoms with Gasteiger partial charge in [-0.2, -0.15) is 0 Å². The van der Waals surface area contributed by atoms with E-state index in [0.29, 0.717) is 0 Å². The van der Waals surface area contributed by atoms with Crippen molar-refractivity contribution >= 4 is 0 Å². The Labute approximate surface area is 114 Å². The summed E-state index contributed by atoms with van der Waals surface area (Å²) in [5.74, 6) is 0.999. The number of ether oxygens (including phenoxy) is 1. The van der Waals surface area contributed by atoms with E-state index in [1.165, 1.54) is 5.56 Å². The first-order valence-corrected chi connectivity index (χ1v) is 6.67. The Morgan fingerprint density at radius 1 is 0.947 bits per heavy atom. The van der Waals surface area contributed by atoms with Gasteiger partial charge in [0.05, 0.1) is 6.10 Å². The fourth-order valence-corrected chi connectivity index (χ4v) is 2.06. The standard InChI is InChI=1S/C17H20O2/c1-13(2)19-17-11-15(10-16(18)12-17)9-8-14-6-4-3-5-7-14/h3-7,10-13,18H,8-9H2,1-2H3. The molecule has 0 unspecified atom stereocenters. The van der Waals surface area contributed by atoms with Crippen LogP contribution in [0.1, 0.15) is 25.0 Å². The van der Waals surface area contributed by atoms with Crippen molar-refractivity contribution in [3.05, 3.63) is 59.7 Å². The van der Waals surface area contributed by atoms with Crippen LogP contribution in [0, 0.1) is 0 Å². The lowest BCUT2D eigenvalue weighted by Gasteiger charge is -2.12. The van der Waals surface area contributed by atoms with E-state index >= 15 is 0 Å².